The average Bonchev–Trinajstić information content (AvgIpc) is 3.13. The summed E-state index contributed by atoms with van der Waals surface area (Å²) in [6.07, 6.45) is 2.10. The highest BCUT2D eigenvalue weighted by molar-refractivity contribution is 5.91. The molecule has 1 fully saturated rings. The first kappa shape index (κ1) is 9.63. The molecule has 17 heavy (non-hydrogen) atoms. The van der Waals surface area contributed by atoms with Gasteiger partial charge in [-0.15, -0.1) is 0 Å². The van der Waals surface area contributed by atoms with E-state index in [0.717, 1.165) is 5.56 Å². The van der Waals surface area contributed by atoms with Gasteiger partial charge in [-0.2, -0.15) is 0 Å². The Hall–Kier alpha value is -1.38. The van der Waals surface area contributed by atoms with Gasteiger partial charge in [0.05, 0.1) is 12.1 Å². The second kappa shape index (κ2) is 3.31. The highest BCUT2D eigenvalue weighted by Crippen LogP contribution is 2.45. The van der Waals surface area contributed by atoms with Crippen molar-refractivity contribution in [2.24, 2.45) is 0 Å². The Morgan fingerprint density at radius 1 is 1.00 bits per heavy atom. The van der Waals surface area contributed by atoms with E-state index in [9.17, 15) is 5.11 Å². The van der Waals surface area contributed by atoms with Crippen molar-refractivity contribution in [3.05, 3.63) is 47.5 Å². The molecule has 0 amide bonds. The van der Waals surface area contributed by atoms with Crippen LogP contribution in [0.4, 0.5) is 0 Å². The van der Waals surface area contributed by atoms with Crippen molar-refractivity contribution in [2.45, 2.75) is 31.0 Å². The van der Waals surface area contributed by atoms with Crippen LogP contribution in [0.2, 0.25) is 0 Å². The summed E-state index contributed by atoms with van der Waals surface area (Å²) in [5.74, 6) is 0. The third kappa shape index (κ3) is 1.34. The molecule has 2 heteroatoms. The molecular formula is C15H15NO. The molecule has 1 saturated carbocycles. The predicted octanol–water partition coefficient (Wildman–Crippen LogP) is 2.68. The number of aliphatic hydroxyl groups is 1. The molecule has 2 aromatic rings. The lowest BCUT2D eigenvalue weighted by molar-refractivity contribution is 0.136. The Kier molecular flexibility index (Phi) is 1.88. The Balaban J connectivity index is 1.91. The first-order chi connectivity index (χ1) is 8.34. The highest BCUT2D eigenvalue weighted by Gasteiger charge is 2.36. The summed E-state index contributed by atoms with van der Waals surface area (Å²) in [6, 6.07) is 13.2. The van der Waals surface area contributed by atoms with Crippen molar-refractivity contribution in [3.63, 3.8) is 0 Å². The largest absolute Gasteiger partial charge is 0.386 e. The molecule has 2 aromatic carbocycles. The molecule has 2 atom stereocenters. The van der Waals surface area contributed by atoms with E-state index in [1.54, 1.807) is 0 Å². The van der Waals surface area contributed by atoms with E-state index in [-0.39, 0.29) is 6.04 Å². The maximum Gasteiger partial charge on any atom is 0.0991 e. The van der Waals surface area contributed by atoms with Crippen molar-refractivity contribution in [1.29, 1.82) is 0 Å². The lowest BCUT2D eigenvalue weighted by atomic mass is 10.0. The minimum absolute atomic E-state index is 0.0867. The standard InChI is InChI=1S/C15H15NO/c17-15-12-6-2-4-9-3-1-5-11(13(9)12)14(15)16-10-7-8-10/h1-6,10,14-17H,7-8H2. The summed E-state index contributed by atoms with van der Waals surface area (Å²) in [4.78, 5) is 0. The van der Waals surface area contributed by atoms with Gasteiger partial charge in [-0.1, -0.05) is 36.4 Å². The Morgan fingerprint density at radius 3 is 2.41 bits per heavy atom. The van der Waals surface area contributed by atoms with Gasteiger partial charge in [0.2, 0.25) is 0 Å². The van der Waals surface area contributed by atoms with Gasteiger partial charge in [0.15, 0.2) is 0 Å². The fourth-order valence-electron chi connectivity index (χ4n) is 2.94. The zero-order chi connectivity index (χ0) is 11.4. The number of nitrogens with one attached hydrogen (secondary N) is 1. The fraction of sp³-hybridized carbons (Fsp3) is 0.333. The monoisotopic (exact) mass is 225 g/mol. The number of hydrogen-bond acceptors (Lipinski definition) is 2. The average molecular weight is 225 g/mol. The molecule has 0 aliphatic heterocycles. The second-order valence-electron chi connectivity index (χ2n) is 5.16. The van der Waals surface area contributed by atoms with Crippen molar-refractivity contribution in [1.82, 2.24) is 5.32 Å². The number of hydrogen-bond donors (Lipinski definition) is 2. The van der Waals surface area contributed by atoms with Gasteiger partial charge in [-0.05, 0) is 34.7 Å². The second-order valence-corrected chi connectivity index (χ2v) is 5.16. The van der Waals surface area contributed by atoms with Crippen LogP contribution in [0.15, 0.2) is 36.4 Å². The van der Waals surface area contributed by atoms with Gasteiger partial charge in [0.25, 0.3) is 0 Å². The van der Waals surface area contributed by atoms with Crippen molar-refractivity contribution in [3.8, 4) is 0 Å². The molecule has 0 heterocycles. The zero-order valence-electron chi connectivity index (χ0n) is 9.56. The summed E-state index contributed by atoms with van der Waals surface area (Å²) in [5, 5.41) is 16.5. The summed E-state index contributed by atoms with van der Waals surface area (Å²) >= 11 is 0. The third-order valence-corrected chi connectivity index (χ3v) is 3.93. The van der Waals surface area contributed by atoms with Crippen molar-refractivity contribution >= 4 is 10.8 Å². The van der Waals surface area contributed by atoms with E-state index >= 15 is 0 Å². The van der Waals surface area contributed by atoms with Gasteiger partial charge < -0.3 is 10.4 Å². The number of benzene rings is 2. The molecule has 2 nitrogen and oxygen atoms in total. The minimum atomic E-state index is -0.392. The van der Waals surface area contributed by atoms with Crippen LogP contribution < -0.4 is 5.32 Å². The number of rotatable bonds is 2. The normalized spacial score (nSPS) is 26.6. The minimum Gasteiger partial charge on any atom is -0.386 e. The lowest BCUT2D eigenvalue weighted by Crippen LogP contribution is -2.25. The van der Waals surface area contributed by atoms with Gasteiger partial charge in [-0.3, -0.25) is 0 Å². The van der Waals surface area contributed by atoms with Crippen LogP contribution in [0.5, 0.6) is 0 Å². The van der Waals surface area contributed by atoms with Crippen LogP contribution in [-0.2, 0) is 0 Å². The van der Waals surface area contributed by atoms with E-state index in [4.69, 9.17) is 0 Å². The van der Waals surface area contributed by atoms with E-state index in [0.29, 0.717) is 6.04 Å². The smallest absolute Gasteiger partial charge is 0.0991 e. The van der Waals surface area contributed by atoms with Crippen LogP contribution in [-0.4, -0.2) is 11.1 Å². The molecular weight excluding hydrogens is 210 g/mol. The van der Waals surface area contributed by atoms with Crippen LogP contribution in [0.3, 0.4) is 0 Å². The number of aliphatic hydroxyl groups excluding tert-OH is 1. The molecule has 4 rings (SSSR count). The molecule has 0 saturated heterocycles. The van der Waals surface area contributed by atoms with Gasteiger partial charge in [-0.25, -0.2) is 0 Å². The summed E-state index contributed by atoms with van der Waals surface area (Å²) < 4.78 is 0. The van der Waals surface area contributed by atoms with Crippen molar-refractivity contribution < 1.29 is 5.11 Å². The predicted molar refractivity (Wildman–Crippen MR) is 67.8 cm³/mol. The first-order valence-electron chi connectivity index (χ1n) is 6.30. The molecule has 2 aliphatic rings. The molecule has 2 aliphatic carbocycles. The lowest BCUT2D eigenvalue weighted by Gasteiger charge is -2.18. The van der Waals surface area contributed by atoms with Crippen LogP contribution in [0, 0.1) is 0 Å². The van der Waals surface area contributed by atoms with Crippen LogP contribution in [0.25, 0.3) is 10.8 Å². The maximum atomic E-state index is 10.4. The summed E-state index contributed by atoms with van der Waals surface area (Å²) in [6.45, 7) is 0. The van der Waals surface area contributed by atoms with Crippen molar-refractivity contribution in [2.75, 3.05) is 0 Å². The fourth-order valence-corrected chi connectivity index (χ4v) is 2.94. The quantitative estimate of drug-likeness (QED) is 0.823. The topological polar surface area (TPSA) is 32.3 Å². The molecule has 0 bridgehead atoms. The van der Waals surface area contributed by atoms with Gasteiger partial charge in [0, 0.05) is 6.04 Å². The first-order valence-corrected chi connectivity index (χ1v) is 6.30. The SMILES string of the molecule is OC1c2cccc3cccc(c23)C1NC1CC1. The molecule has 2 N–H and O–H groups in total. The highest BCUT2D eigenvalue weighted by atomic mass is 16.3. The van der Waals surface area contributed by atoms with Gasteiger partial charge >= 0.3 is 0 Å². The van der Waals surface area contributed by atoms with Crippen LogP contribution >= 0.6 is 0 Å². The maximum absolute atomic E-state index is 10.4. The molecule has 2 unspecified atom stereocenters. The summed E-state index contributed by atoms with van der Waals surface area (Å²) in [7, 11) is 0. The molecule has 86 valence electrons. The molecule has 0 aromatic heterocycles. The molecule has 0 radical (unpaired) electrons. The van der Waals surface area contributed by atoms with E-state index in [2.05, 4.69) is 29.6 Å². The zero-order valence-corrected chi connectivity index (χ0v) is 9.56. The summed E-state index contributed by atoms with van der Waals surface area (Å²) in [5.41, 5.74) is 2.34. The Labute approximate surface area is 100 Å². The Morgan fingerprint density at radius 2 is 1.71 bits per heavy atom. The van der Waals surface area contributed by atoms with Gasteiger partial charge in [0.1, 0.15) is 0 Å². The third-order valence-electron chi connectivity index (χ3n) is 3.93. The Bertz CT molecular complexity index is 583. The van der Waals surface area contributed by atoms with E-state index in [1.807, 2.05) is 12.1 Å². The van der Waals surface area contributed by atoms with E-state index < -0.39 is 6.10 Å². The molecule has 0 spiro atoms. The van der Waals surface area contributed by atoms with E-state index in [1.165, 1.54) is 29.2 Å². The van der Waals surface area contributed by atoms with Crippen LogP contribution in [0.1, 0.15) is 36.1 Å².